The van der Waals surface area contributed by atoms with Crippen molar-refractivity contribution >= 4 is 0 Å². The number of phenols is 1. The molecule has 0 amide bonds. The van der Waals surface area contributed by atoms with Gasteiger partial charge in [-0.25, -0.2) is 4.98 Å². The monoisotopic (exact) mass is 259 g/mol. The van der Waals surface area contributed by atoms with Gasteiger partial charge in [0.05, 0.1) is 5.69 Å². The minimum atomic E-state index is -0.200. The van der Waals surface area contributed by atoms with Crippen molar-refractivity contribution in [2.24, 2.45) is 0 Å². The highest BCUT2D eigenvalue weighted by Gasteiger charge is 2.05. The van der Waals surface area contributed by atoms with Gasteiger partial charge in [-0.3, -0.25) is 4.79 Å². The van der Waals surface area contributed by atoms with Crippen LogP contribution in [0.5, 0.6) is 5.75 Å². The van der Waals surface area contributed by atoms with Gasteiger partial charge in [-0.2, -0.15) is 0 Å². The van der Waals surface area contributed by atoms with Gasteiger partial charge in [0.1, 0.15) is 11.6 Å². The molecule has 100 valence electrons. The zero-order chi connectivity index (χ0) is 13.8. The largest absolute Gasteiger partial charge is 0.508 e. The van der Waals surface area contributed by atoms with Crippen molar-refractivity contribution in [1.29, 1.82) is 0 Å². The number of aromatic amines is 1. The Hall–Kier alpha value is -2.14. The molecular formula is C14H17N3O2. The van der Waals surface area contributed by atoms with Crippen molar-refractivity contribution in [2.45, 2.75) is 26.4 Å². The Bertz CT molecular complexity index is 620. The molecular weight excluding hydrogens is 242 g/mol. The molecule has 0 saturated carbocycles. The molecule has 1 aromatic carbocycles. The third kappa shape index (κ3) is 3.66. The minimum absolute atomic E-state index is 0.144. The quantitative estimate of drug-likeness (QED) is 0.780. The van der Waals surface area contributed by atoms with Crippen molar-refractivity contribution < 1.29 is 5.11 Å². The number of H-pyrrole nitrogens is 1. The normalized spacial score (nSPS) is 10.9. The van der Waals surface area contributed by atoms with Crippen LogP contribution in [0.4, 0.5) is 0 Å². The molecule has 2 rings (SSSR count). The second-order valence-electron chi connectivity index (χ2n) is 4.67. The summed E-state index contributed by atoms with van der Waals surface area (Å²) in [4.78, 5) is 18.7. The number of aromatic nitrogens is 2. The van der Waals surface area contributed by atoms with Crippen molar-refractivity contribution in [3.63, 3.8) is 0 Å². The van der Waals surface area contributed by atoms with E-state index in [1.807, 2.05) is 13.8 Å². The topological polar surface area (TPSA) is 78.0 Å². The Labute approximate surface area is 111 Å². The lowest BCUT2D eigenvalue weighted by molar-refractivity contribution is 0.475. The van der Waals surface area contributed by atoms with E-state index in [0.29, 0.717) is 29.7 Å². The van der Waals surface area contributed by atoms with E-state index in [1.54, 1.807) is 24.3 Å². The molecule has 1 heterocycles. The molecule has 0 aliphatic carbocycles. The first kappa shape index (κ1) is 13.3. The van der Waals surface area contributed by atoms with Gasteiger partial charge >= 0.3 is 0 Å². The fourth-order valence-corrected chi connectivity index (χ4v) is 1.70. The fourth-order valence-electron chi connectivity index (χ4n) is 1.70. The number of nitrogens with zero attached hydrogens (tertiary/aromatic N) is 1. The number of hydrogen-bond donors (Lipinski definition) is 3. The molecule has 5 nitrogen and oxygen atoms in total. The Kier molecular flexibility index (Phi) is 3.97. The van der Waals surface area contributed by atoms with Crippen LogP contribution in [0.15, 0.2) is 35.1 Å². The fraction of sp³-hybridized carbons (Fsp3) is 0.286. The van der Waals surface area contributed by atoms with Crippen molar-refractivity contribution in [3.8, 4) is 17.1 Å². The lowest BCUT2D eigenvalue weighted by Gasteiger charge is -2.08. The number of benzene rings is 1. The van der Waals surface area contributed by atoms with E-state index < -0.39 is 0 Å². The molecule has 0 atom stereocenters. The number of hydrogen-bond acceptors (Lipinski definition) is 4. The van der Waals surface area contributed by atoms with E-state index in [-0.39, 0.29) is 11.3 Å². The number of nitrogens with one attached hydrogen (secondary N) is 2. The van der Waals surface area contributed by atoms with Gasteiger partial charge in [-0.05, 0) is 12.1 Å². The summed E-state index contributed by atoms with van der Waals surface area (Å²) in [5.41, 5.74) is 1.16. The highest BCUT2D eigenvalue weighted by molar-refractivity contribution is 5.57. The van der Waals surface area contributed by atoms with Crippen LogP contribution in [-0.2, 0) is 6.54 Å². The van der Waals surface area contributed by atoms with E-state index in [4.69, 9.17) is 0 Å². The van der Waals surface area contributed by atoms with Crippen LogP contribution in [0.1, 0.15) is 19.5 Å². The maximum atomic E-state index is 11.6. The molecule has 0 aliphatic heterocycles. The molecule has 0 saturated heterocycles. The third-order valence-electron chi connectivity index (χ3n) is 2.61. The summed E-state index contributed by atoms with van der Waals surface area (Å²) in [6, 6.07) is 8.44. The van der Waals surface area contributed by atoms with Gasteiger partial charge in [0.15, 0.2) is 0 Å². The van der Waals surface area contributed by atoms with Crippen LogP contribution in [-0.4, -0.2) is 21.1 Å². The number of rotatable bonds is 4. The summed E-state index contributed by atoms with van der Waals surface area (Å²) in [5.74, 6) is 0.606. The average Bonchev–Trinajstić information content (AvgIpc) is 2.36. The van der Waals surface area contributed by atoms with Crippen LogP contribution < -0.4 is 10.9 Å². The zero-order valence-electron chi connectivity index (χ0n) is 11.0. The number of phenolic OH excluding ortho intramolecular Hbond substituents is 1. The van der Waals surface area contributed by atoms with Crippen LogP contribution in [0.25, 0.3) is 11.4 Å². The van der Waals surface area contributed by atoms with Gasteiger partial charge in [-0.1, -0.05) is 26.0 Å². The summed E-state index contributed by atoms with van der Waals surface area (Å²) in [6.07, 6.45) is 0. The molecule has 5 heteroatoms. The van der Waals surface area contributed by atoms with Crippen molar-refractivity contribution in [3.05, 3.63) is 46.4 Å². The van der Waals surface area contributed by atoms with Crippen LogP contribution >= 0.6 is 0 Å². The average molecular weight is 259 g/mol. The molecule has 0 spiro atoms. The predicted molar refractivity (Wildman–Crippen MR) is 73.9 cm³/mol. The zero-order valence-corrected chi connectivity index (χ0v) is 11.0. The van der Waals surface area contributed by atoms with Gasteiger partial charge in [-0.15, -0.1) is 0 Å². The maximum absolute atomic E-state index is 11.6. The Morgan fingerprint density at radius 3 is 2.84 bits per heavy atom. The predicted octanol–water partition coefficient (Wildman–Crippen LogP) is 1.64. The molecule has 1 aromatic heterocycles. The Morgan fingerprint density at radius 1 is 1.37 bits per heavy atom. The van der Waals surface area contributed by atoms with Gasteiger partial charge < -0.3 is 15.4 Å². The van der Waals surface area contributed by atoms with E-state index in [9.17, 15) is 9.90 Å². The molecule has 0 unspecified atom stereocenters. The van der Waals surface area contributed by atoms with Crippen molar-refractivity contribution in [1.82, 2.24) is 15.3 Å². The first-order chi connectivity index (χ1) is 9.04. The van der Waals surface area contributed by atoms with Gasteiger partial charge in [0, 0.05) is 24.2 Å². The van der Waals surface area contributed by atoms with Crippen LogP contribution in [0.3, 0.4) is 0 Å². The second kappa shape index (κ2) is 5.67. The third-order valence-corrected chi connectivity index (χ3v) is 2.61. The van der Waals surface area contributed by atoms with Gasteiger partial charge in [0.2, 0.25) is 0 Å². The number of aromatic hydroxyl groups is 1. The van der Waals surface area contributed by atoms with Gasteiger partial charge in [0.25, 0.3) is 5.56 Å². The molecule has 3 N–H and O–H groups in total. The molecule has 0 bridgehead atoms. The molecule has 19 heavy (non-hydrogen) atoms. The van der Waals surface area contributed by atoms with E-state index in [0.717, 1.165) is 0 Å². The second-order valence-corrected chi connectivity index (χ2v) is 4.67. The molecule has 0 radical (unpaired) electrons. The highest BCUT2D eigenvalue weighted by Crippen LogP contribution is 2.18. The summed E-state index contributed by atoms with van der Waals surface area (Å²) in [6.45, 7) is 4.60. The van der Waals surface area contributed by atoms with E-state index >= 15 is 0 Å². The maximum Gasteiger partial charge on any atom is 0.251 e. The lowest BCUT2D eigenvalue weighted by Crippen LogP contribution is -2.24. The smallest absolute Gasteiger partial charge is 0.251 e. The van der Waals surface area contributed by atoms with E-state index in [1.165, 1.54) is 6.07 Å². The Balaban J connectivity index is 2.33. The Morgan fingerprint density at radius 2 is 2.16 bits per heavy atom. The molecule has 0 fully saturated rings. The first-order valence-corrected chi connectivity index (χ1v) is 6.17. The minimum Gasteiger partial charge on any atom is -0.508 e. The van der Waals surface area contributed by atoms with Crippen molar-refractivity contribution in [2.75, 3.05) is 0 Å². The summed E-state index contributed by atoms with van der Waals surface area (Å²) in [5, 5.41) is 12.7. The first-order valence-electron chi connectivity index (χ1n) is 6.17. The van der Waals surface area contributed by atoms with Crippen LogP contribution in [0.2, 0.25) is 0 Å². The molecule has 2 aromatic rings. The highest BCUT2D eigenvalue weighted by atomic mass is 16.3. The standard InChI is InChI=1S/C14H17N3O2/c1-9(2)15-8-11-7-13(19)17-14(16-11)10-4-3-5-12(18)6-10/h3-7,9,15,18H,8H2,1-2H3,(H,16,17,19). The summed E-state index contributed by atoms with van der Waals surface area (Å²) in [7, 11) is 0. The SMILES string of the molecule is CC(C)NCc1cc(=O)[nH]c(-c2cccc(O)c2)n1. The summed E-state index contributed by atoms with van der Waals surface area (Å²) < 4.78 is 0. The van der Waals surface area contributed by atoms with E-state index in [2.05, 4.69) is 15.3 Å². The molecule has 0 aliphatic rings. The lowest BCUT2D eigenvalue weighted by atomic mass is 10.2. The van der Waals surface area contributed by atoms with Crippen LogP contribution in [0, 0.1) is 0 Å². The summed E-state index contributed by atoms with van der Waals surface area (Å²) >= 11 is 0.